The summed E-state index contributed by atoms with van der Waals surface area (Å²) in [5.41, 5.74) is 0.951. The minimum Gasteiger partial charge on any atom is -0.353 e. The van der Waals surface area contributed by atoms with Crippen molar-refractivity contribution in [3.05, 3.63) is 12.2 Å². The Morgan fingerprint density at radius 1 is 1.36 bits per heavy atom. The zero-order chi connectivity index (χ0) is 8.53. The smallest absolute Gasteiger partial charge is 0.147 e. The second-order valence-electron chi connectivity index (χ2n) is 2.16. The highest BCUT2D eigenvalue weighted by Gasteiger charge is 1.88. The van der Waals surface area contributed by atoms with E-state index >= 15 is 0 Å². The Morgan fingerprint density at radius 3 is 2.64 bits per heavy atom. The summed E-state index contributed by atoms with van der Waals surface area (Å²) < 4.78 is 9.86. The quantitative estimate of drug-likeness (QED) is 0.200. The molecular formula is C7H14O4. The van der Waals surface area contributed by atoms with Crippen molar-refractivity contribution in [2.75, 3.05) is 26.6 Å². The van der Waals surface area contributed by atoms with Crippen LogP contribution in [-0.2, 0) is 14.4 Å². The molecular weight excluding hydrogens is 148 g/mol. The molecule has 4 nitrogen and oxygen atoms in total. The van der Waals surface area contributed by atoms with Crippen molar-refractivity contribution >= 4 is 0 Å². The molecule has 0 radical (unpaired) electrons. The fraction of sp³-hybridized carbons (Fsp3) is 0.714. The summed E-state index contributed by atoms with van der Waals surface area (Å²) in [5, 5.41) is 7.88. The van der Waals surface area contributed by atoms with E-state index in [1.165, 1.54) is 0 Å². The first kappa shape index (κ1) is 10.6. The van der Waals surface area contributed by atoms with E-state index in [0.717, 1.165) is 5.57 Å². The number of ether oxygens (including phenoxy) is 2. The summed E-state index contributed by atoms with van der Waals surface area (Å²) in [7, 11) is 0. The third-order valence-electron chi connectivity index (χ3n) is 0.834. The first-order chi connectivity index (χ1) is 5.27. The Kier molecular flexibility index (Phi) is 7.39. The maximum Gasteiger partial charge on any atom is 0.147 e. The standard InChI is InChI=1S/C7H14O4/c1-7(2)5-10-6-9-3-4-11-8/h8H,1,3-6H2,2H3. The Morgan fingerprint density at radius 2 is 2.09 bits per heavy atom. The van der Waals surface area contributed by atoms with Crippen molar-refractivity contribution in [1.82, 2.24) is 0 Å². The van der Waals surface area contributed by atoms with Crippen molar-refractivity contribution in [1.29, 1.82) is 0 Å². The maximum absolute atomic E-state index is 7.88. The normalized spacial score (nSPS) is 10.0. The van der Waals surface area contributed by atoms with Crippen molar-refractivity contribution in [3.63, 3.8) is 0 Å². The van der Waals surface area contributed by atoms with Gasteiger partial charge in [0.2, 0.25) is 0 Å². The number of hydrogen-bond donors (Lipinski definition) is 1. The average molecular weight is 162 g/mol. The molecule has 0 saturated carbocycles. The van der Waals surface area contributed by atoms with E-state index in [2.05, 4.69) is 11.5 Å². The molecule has 0 aromatic rings. The maximum atomic E-state index is 7.88. The highest BCUT2D eigenvalue weighted by molar-refractivity contribution is 4.86. The fourth-order valence-corrected chi connectivity index (χ4v) is 0.430. The van der Waals surface area contributed by atoms with Crippen LogP contribution < -0.4 is 0 Å². The third-order valence-corrected chi connectivity index (χ3v) is 0.834. The van der Waals surface area contributed by atoms with Crippen LogP contribution in [0, 0.1) is 0 Å². The highest BCUT2D eigenvalue weighted by atomic mass is 17.1. The Labute approximate surface area is 66.3 Å². The summed E-state index contributed by atoms with van der Waals surface area (Å²) in [5.74, 6) is 0. The second kappa shape index (κ2) is 7.68. The molecule has 0 bridgehead atoms. The van der Waals surface area contributed by atoms with Gasteiger partial charge in [0.15, 0.2) is 0 Å². The highest BCUT2D eigenvalue weighted by Crippen LogP contribution is 1.87. The summed E-state index contributed by atoms with van der Waals surface area (Å²) in [6.07, 6.45) is 0. The van der Waals surface area contributed by atoms with E-state index in [4.69, 9.17) is 14.7 Å². The summed E-state index contributed by atoms with van der Waals surface area (Å²) in [4.78, 5) is 3.77. The monoisotopic (exact) mass is 162 g/mol. The van der Waals surface area contributed by atoms with Gasteiger partial charge in [-0.1, -0.05) is 12.2 Å². The molecule has 4 heteroatoms. The Bertz CT molecular complexity index is 103. The molecule has 0 aliphatic carbocycles. The van der Waals surface area contributed by atoms with Crippen LogP contribution in [0.15, 0.2) is 12.2 Å². The molecule has 0 aromatic carbocycles. The molecule has 0 heterocycles. The Balaban J connectivity index is 2.85. The van der Waals surface area contributed by atoms with Gasteiger partial charge < -0.3 is 9.47 Å². The van der Waals surface area contributed by atoms with E-state index in [-0.39, 0.29) is 13.4 Å². The van der Waals surface area contributed by atoms with Gasteiger partial charge in [-0.2, -0.15) is 0 Å². The van der Waals surface area contributed by atoms with Crippen LogP contribution in [0.25, 0.3) is 0 Å². The topological polar surface area (TPSA) is 47.9 Å². The third kappa shape index (κ3) is 9.58. The zero-order valence-corrected chi connectivity index (χ0v) is 6.71. The predicted octanol–water partition coefficient (Wildman–Crippen LogP) is 1.04. The van der Waals surface area contributed by atoms with Gasteiger partial charge in [-0.15, -0.1) is 0 Å². The van der Waals surface area contributed by atoms with Gasteiger partial charge in [-0.05, 0) is 6.92 Å². The minimum absolute atomic E-state index is 0.163. The lowest BCUT2D eigenvalue weighted by Gasteiger charge is -2.03. The SMILES string of the molecule is C=C(C)COCOCCOO. The van der Waals surface area contributed by atoms with E-state index < -0.39 is 0 Å². The summed E-state index contributed by atoms with van der Waals surface area (Å²) >= 11 is 0. The molecule has 11 heavy (non-hydrogen) atoms. The molecule has 0 spiro atoms. The van der Waals surface area contributed by atoms with E-state index in [0.29, 0.717) is 13.2 Å². The predicted molar refractivity (Wildman–Crippen MR) is 40.2 cm³/mol. The largest absolute Gasteiger partial charge is 0.353 e. The molecule has 0 atom stereocenters. The van der Waals surface area contributed by atoms with Crippen LogP contribution in [0.1, 0.15) is 6.92 Å². The van der Waals surface area contributed by atoms with Gasteiger partial charge in [0.1, 0.15) is 13.4 Å². The lowest BCUT2D eigenvalue weighted by Crippen LogP contribution is -2.06. The van der Waals surface area contributed by atoms with Crippen molar-refractivity contribution in [2.45, 2.75) is 6.92 Å². The summed E-state index contributed by atoms with van der Waals surface area (Å²) in [6, 6.07) is 0. The first-order valence-electron chi connectivity index (χ1n) is 3.33. The van der Waals surface area contributed by atoms with E-state index in [1.807, 2.05) is 6.92 Å². The van der Waals surface area contributed by atoms with Crippen LogP contribution in [0.2, 0.25) is 0 Å². The van der Waals surface area contributed by atoms with Gasteiger partial charge in [-0.3, -0.25) is 5.26 Å². The number of rotatable bonds is 7. The number of hydrogen-bond acceptors (Lipinski definition) is 4. The molecule has 0 rings (SSSR count). The zero-order valence-electron chi connectivity index (χ0n) is 6.71. The Hall–Kier alpha value is -0.420. The minimum atomic E-state index is 0.163. The van der Waals surface area contributed by atoms with E-state index in [9.17, 15) is 0 Å². The summed E-state index contributed by atoms with van der Waals surface area (Å²) in [6.45, 7) is 6.71. The second-order valence-corrected chi connectivity index (χ2v) is 2.16. The molecule has 0 amide bonds. The molecule has 0 aromatic heterocycles. The van der Waals surface area contributed by atoms with Crippen molar-refractivity contribution in [2.24, 2.45) is 0 Å². The van der Waals surface area contributed by atoms with Gasteiger partial charge in [0, 0.05) is 0 Å². The van der Waals surface area contributed by atoms with Gasteiger partial charge >= 0.3 is 0 Å². The molecule has 0 aliphatic heterocycles. The average Bonchev–Trinajstić information content (AvgIpc) is 1.96. The van der Waals surface area contributed by atoms with E-state index in [1.54, 1.807) is 0 Å². The van der Waals surface area contributed by atoms with Crippen molar-refractivity contribution < 1.29 is 19.6 Å². The van der Waals surface area contributed by atoms with Crippen LogP contribution in [0.4, 0.5) is 0 Å². The van der Waals surface area contributed by atoms with Gasteiger partial charge in [0.25, 0.3) is 0 Å². The molecule has 66 valence electrons. The lowest BCUT2D eigenvalue weighted by molar-refractivity contribution is -0.252. The van der Waals surface area contributed by atoms with Crippen LogP contribution in [0.3, 0.4) is 0 Å². The van der Waals surface area contributed by atoms with Crippen LogP contribution in [-0.4, -0.2) is 31.9 Å². The fourth-order valence-electron chi connectivity index (χ4n) is 0.430. The van der Waals surface area contributed by atoms with Gasteiger partial charge in [0.05, 0.1) is 13.2 Å². The molecule has 0 fully saturated rings. The van der Waals surface area contributed by atoms with Crippen molar-refractivity contribution in [3.8, 4) is 0 Å². The molecule has 0 unspecified atom stereocenters. The van der Waals surface area contributed by atoms with Crippen LogP contribution in [0.5, 0.6) is 0 Å². The molecule has 1 N–H and O–H groups in total. The molecule has 0 aliphatic rings. The first-order valence-corrected chi connectivity index (χ1v) is 3.33. The van der Waals surface area contributed by atoms with Gasteiger partial charge in [-0.25, -0.2) is 4.89 Å². The molecule has 0 saturated heterocycles. The lowest BCUT2D eigenvalue weighted by atomic mass is 10.4. The van der Waals surface area contributed by atoms with Crippen LogP contribution >= 0.6 is 0 Å².